The minimum atomic E-state index is -3.66. The van der Waals surface area contributed by atoms with Gasteiger partial charge in [0.15, 0.2) is 11.5 Å². The van der Waals surface area contributed by atoms with Gasteiger partial charge in [-0.15, -0.1) is 0 Å². The van der Waals surface area contributed by atoms with Crippen LogP contribution in [-0.4, -0.2) is 33.0 Å². The van der Waals surface area contributed by atoms with Crippen molar-refractivity contribution in [1.29, 1.82) is 0 Å². The average Bonchev–Trinajstić information content (AvgIpc) is 3.71. The molecule has 2 aromatic carbocycles. The van der Waals surface area contributed by atoms with Crippen LogP contribution in [0.1, 0.15) is 47.3 Å². The predicted octanol–water partition coefficient (Wildman–Crippen LogP) is 3.85. The second-order valence-electron chi connectivity index (χ2n) is 8.57. The Bertz CT molecular complexity index is 1280. The fourth-order valence-corrected chi connectivity index (χ4v) is 4.68. The Labute approximate surface area is 205 Å². The molecule has 0 aliphatic heterocycles. The molecule has 1 aliphatic carbocycles. The van der Waals surface area contributed by atoms with E-state index in [0.717, 1.165) is 24.0 Å². The van der Waals surface area contributed by atoms with Crippen molar-refractivity contribution in [1.82, 2.24) is 15.0 Å². The Kier molecular flexibility index (Phi) is 7.67. The number of rotatable bonds is 11. The molecule has 8 nitrogen and oxygen atoms in total. The molecule has 1 aromatic heterocycles. The van der Waals surface area contributed by atoms with E-state index in [0.29, 0.717) is 30.6 Å². The van der Waals surface area contributed by atoms with E-state index in [4.69, 9.17) is 9.47 Å². The predicted molar refractivity (Wildman–Crippen MR) is 132 cm³/mol. The first-order valence-corrected chi connectivity index (χ1v) is 12.9. The maximum Gasteiger partial charge on any atom is 0.251 e. The van der Waals surface area contributed by atoms with Crippen LogP contribution in [0, 0.1) is 5.92 Å². The minimum absolute atomic E-state index is 0.0795. The molecule has 1 aliphatic rings. The van der Waals surface area contributed by atoms with Gasteiger partial charge in [0.1, 0.15) is 6.61 Å². The van der Waals surface area contributed by atoms with Gasteiger partial charge in [0.25, 0.3) is 5.91 Å². The molecule has 4 rings (SSSR count). The molecular weight excluding hydrogens is 466 g/mol. The number of ether oxygens (including phenoxy) is 2. The number of nitrogens with zero attached hydrogens (tertiary/aromatic N) is 1. The van der Waals surface area contributed by atoms with Gasteiger partial charge in [0, 0.05) is 24.5 Å². The molecule has 1 heterocycles. The fraction of sp³-hybridized carbons (Fsp3) is 0.308. The van der Waals surface area contributed by atoms with Gasteiger partial charge >= 0.3 is 0 Å². The molecule has 35 heavy (non-hydrogen) atoms. The number of carbonyl (C=O) groups is 1. The van der Waals surface area contributed by atoms with Crippen LogP contribution in [0.25, 0.3) is 0 Å². The maximum atomic E-state index is 12.9. The number of benzene rings is 2. The average molecular weight is 496 g/mol. The van der Waals surface area contributed by atoms with E-state index in [1.165, 1.54) is 12.1 Å². The molecule has 0 radical (unpaired) electrons. The molecule has 3 aromatic rings. The SMILES string of the molecule is COc1cc(C(C)NC(=O)c2cccc(S(=O)(=O)NCC3CC3)c2)ccc1OCc1ccncc1. The first-order valence-electron chi connectivity index (χ1n) is 11.5. The Morgan fingerprint density at radius 1 is 1.09 bits per heavy atom. The fourth-order valence-electron chi connectivity index (χ4n) is 3.51. The largest absolute Gasteiger partial charge is 0.493 e. The molecule has 1 amide bonds. The molecule has 0 saturated heterocycles. The van der Waals surface area contributed by atoms with Gasteiger partial charge in [-0.2, -0.15) is 0 Å². The van der Waals surface area contributed by atoms with Crippen LogP contribution in [-0.2, 0) is 16.6 Å². The number of sulfonamides is 1. The zero-order valence-electron chi connectivity index (χ0n) is 19.7. The Morgan fingerprint density at radius 2 is 1.86 bits per heavy atom. The highest BCUT2D eigenvalue weighted by atomic mass is 32.2. The minimum Gasteiger partial charge on any atom is -0.493 e. The summed E-state index contributed by atoms with van der Waals surface area (Å²) in [7, 11) is -2.09. The van der Waals surface area contributed by atoms with E-state index in [2.05, 4.69) is 15.0 Å². The molecule has 1 atom stereocenters. The molecule has 1 fully saturated rings. The Hall–Kier alpha value is -3.43. The van der Waals surface area contributed by atoms with E-state index in [1.54, 1.807) is 37.7 Å². The van der Waals surface area contributed by atoms with Crippen LogP contribution in [0.5, 0.6) is 11.5 Å². The topological polar surface area (TPSA) is 107 Å². The first kappa shape index (κ1) is 24.7. The maximum absolute atomic E-state index is 12.9. The second kappa shape index (κ2) is 10.9. The van der Waals surface area contributed by atoms with Crippen molar-refractivity contribution in [2.75, 3.05) is 13.7 Å². The molecule has 1 unspecified atom stereocenters. The smallest absolute Gasteiger partial charge is 0.251 e. The molecule has 0 bridgehead atoms. The van der Waals surface area contributed by atoms with Crippen LogP contribution in [0.2, 0.25) is 0 Å². The molecular formula is C26H29N3O5S. The zero-order valence-corrected chi connectivity index (χ0v) is 20.5. The third kappa shape index (κ3) is 6.58. The number of methoxy groups -OCH3 is 1. The summed E-state index contributed by atoms with van der Waals surface area (Å²) >= 11 is 0. The van der Waals surface area contributed by atoms with E-state index >= 15 is 0 Å². The Morgan fingerprint density at radius 3 is 2.57 bits per heavy atom. The van der Waals surface area contributed by atoms with Gasteiger partial charge in [-0.3, -0.25) is 9.78 Å². The third-order valence-electron chi connectivity index (χ3n) is 5.84. The zero-order chi connectivity index (χ0) is 24.8. The number of hydrogen-bond donors (Lipinski definition) is 2. The lowest BCUT2D eigenvalue weighted by atomic mass is 10.1. The van der Waals surface area contributed by atoms with Crippen LogP contribution < -0.4 is 19.5 Å². The number of aromatic nitrogens is 1. The van der Waals surface area contributed by atoms with Crippen molar-refractivity contribution in [3.8, 4) is 11.5 Å². The van der Waals surface area contributed by atoms with Crippen LogP contribution in [0.15, 0.2) is 71.9 Å². The Balaban J connectivity index is 1.41. The van der Waals surface area contributed by atoms with Crippen LogP contribution in [0.3, 0.4) is 0 Å². The van der Waals surface area contributed by atoms with Crippen molar-refractivity contribution in [3.05, 3.63) is 83.7 Å². The summed E-state index contributed by atoms with van der Waals surface area (Å²) in [5.74, 6) is 1.19. The van der Waals surface area contributed by atoms with Gasteiger partial charge in [0.2, 0.25) is 10.0 Å². The van der Waals surface area contributed by atoms with Gasteiger partial charge in [-0.25, -0.2) is 13.1 Å². The summed E-state index contributed by atoms with van der Waals surface area (Å²) in [5.41, 5.74) is 2.08. The van der Waals surface area contributed by atoms with Crippen molar-refractivity contribution in [2.45, 2.75) is 37.3 Å². The summed E-state index contributed by atoms with van der Waals surface area (Å²) in [6, 6.07) is 14.9. The lowest BCUT2D eigenvalue weighted by molar-refractivity contribution is 0.0939. The highest BCUT2D eigenvalue weighted by molar-refractivity contribution is 7.89. The van der Waals surface area contributed by atoms with Crippen molar-refractivity contribution in [3.63, 3.8) is 0 Å². The van der Waals surface area contributed by atoms with Crippen molar-refractivity contribution in [2.24, 2.45) is 5.92 Å². The third-order valence-corrected chi connectivity index (χ3v) is 7.27. The van der Waals surface area contributed by atoms with Gasteiger partial charge < -0.3 is 14.8 Å². The highest BCUT2D eigenvalue weighted by Crippen LogP contribution is 2.31. The molecule has 1 saturated carbocycles. The van der Waals surface area contributed by atoms with E-state index in [-0.39, 0.29) is 22.4 Å². The summed E-state index contributed by atoms with van der Waals surface area (Å²) in [4.78, 5) is 17.0. The van der Waals surface area contributed by atoms with Crippen LogP contribution >= 0.6 is 0 Å². The quantitative estimate of drug-likeness (QED) is 0.419. The van der Waals surface area contributed by atoms with Gasteiger partial charge in [0.05, 0.1) is 18.0 Å². The van der Waals surface area contributed by atoms with Crippen molar-refractivity contribution < 1.29 is 22.7 Å². The number of pyridine rings is 1. The van der Waals surface area contributed by atoms with E-state index in [9.17, 15) is 13.2 Å². The first-order chi connectivity index (χ1) is 16.9. The lowest BCUT2D eigenvalue weighted by Crippen LogP contribution is -2.28. The summed E-state index contributed by atoms with van der Waals surface area (Å²) in [6.07, 6.45) is 5.51. The highest BCUT2D eigenvalue weighted by Gasteiger charge is 2.25. The molecule has 2 N–H and O–H groups in total. The number of hydrogen-bond acceptors (Lipinski definition) is 6. The van der Waals surface area contributed by atoms with E-state index in [1.807, 2.05) is 31.2 Å². The summed E-state index contributed by atoms with van der Waals surface area (Å²) < 4.78 is 39.1. The van der Waals surface area contributed by atoms with E-state index < -0.39 is 10.0 Å². The molecule has 184 valence electrons. The lowest BCUT2D eigenvalue weighted by Gasteiger charge is -2.17. The van der Waals surface area contributed by atoms with Gasteiger partial charge in [-0.1, -0.05) is 12.1 Å². The summed E-state index contributed by atoms with van der Waals surface area (Å²) in [5, 5.41) is 2.92. The summed E-state index contributed by atoms with van der Waals surface area (Å²) in [6.45, 7) is 2.65. The van der Waals surface area contributed by atoms with Gasteiger partial charge in [-0.05, 0) is 79.3 Å². The molecule has 9 heteroatoms. The van der Waals surface area contributed by atoms with Crippen molar-refractivity contribution >= 4 is 15.9 Å². The normalized spacial score (nSPS) is 14.2. The van der Waals surface area contributed by atoms with Crippen LogP contribution in [0.4, 0.5) is 0 Å². The molecule has 0 spiro atoms. The number of nitrogens with one attached hydrogen (secondary N) is 2. The number of carbonyl (C=O) groups excluding carboxylic acids is 1. The monoisotopic (exact) mass is 495 g/mol. The standard InChI is InChI=1S/C26H29N3O5S/c1-18(21-8-9-24(25(15-21)33-2)34-17-20-10-12-27-13-11-20)29-26(30)22-4-3-5-23(14-22)35(31,32)28-16-19-6-7-19/h3-5,8-15,18-19,28H,6-7,16-17H2,1-2H3,(H,29,30). The number of amides is 1. The second-order valence-corrected chi connectivity index (χ2v) is 10.3.